The molecule has 1 saturated carbocycles. The van der Waals surface area contributed by atoms with Gasteiger partial charge in [-0.2, -0.15) is 0 Å². The van der Waals surface area contributed by atoms with Crippen molar-refractivity contribution in [3.05, 3.63) is 76.4 Å². The van der Waals surface area contributed by atoms with Crippen molar-refractivity contribution < 1.29 is 0 Å². The standard InChI is InChI=1S/C23H28N2/c1-16-4-6-19(7-5-16)22(20-10-8-18(9-11-20)17(2)24)21-12-23(13-21)14-25(3)15-23/h4-11,17H,12-15,24H2,1-3H3/t17-/m1/s1. The van der Waals surface area contributed by atoms with Gasteiger partial charge < -0.3 is 10.6 Å². The number of rotatable bonds is 3. The number of allylic oxidation sites excluding steroid dienone is 1. The maximum absolute atomic E-state index is 6.02. The molecule has 2 fully saturated rings. The molecule has 2 N–H and O–H groups in total. The van der Waals surface area contributed by atoms with E-state index in [2.05, 4.69) is 67.4 Å². The Balaban J connectivity index is 1.71. The van der Waals surface area contributed by atoms with E-state index in [0.717, 1.165) is 0 Å². The normalized spacial score (nSPS) is 20.1. The average Bonchev–Trinajstić information content (AvgIpc) is 2.53. The first-order valence-corrected chi connectivity index (χ1v) is 9.29. The number of hydrogen-bond donors (Lipinski definition) is 1. The molecule has 2 nitrogen and oxygen atoms in total. The molecule has 2 aromatic carbocycles. The topological polar surface area (TPSA) is 29.3 Å². The molecule has 2 aromatic rings. The van der Waals surface area contributed by atoms with Crippen LogP contribution in [-0.4, -0.2) is 25.0 Å². The second-order valence-corrected chi connectivity index (χ2v) is 8.28. The highest BCUT2D eigenvalue weighted by Crippen LogP contribution is 2.54. The highest BCUT2D eigenvalue weighted by molar-refractivity contribution is 5.83. The third kappa shape index (κ3) is 3.05. The van der Waals surface area contributed by atoms with Crippen molar-refractivity contribution in [3.8, 4) is 0 Å². The van der Waals surface area contributed by atoms with Crippen LogP contribution in [0, 0.1) is 12.3 Å². The highest BCUT2D eigenvalue weighted by Gasteiger charge is 2.49. The van der Waals surface area contributed by atoms with Gasteiger partial charge in [0.15, 0.2) is 0 Å². The van der Waals surface area contributed by atoms with Crippen LogP contribution < -0.4 is 5.73 Å². The lowest BCUT2D eigenvalue weighted by Crippen LogP contribution is -2.58. The van der Waals surface area contributed by atoms with E-state index >= 15 is 0 Å². The van der Waals surface area contributed by atoms with Crippen molar-refractivity contribution in [2.24, 2.45) is 11.1 Å². The van der Waals surface area contributed by atoms with Gasteiger partial charge in [-0.1, -0.05) is 59.7 Å². The van der Waals surface area contributed by atoms with Crippen molar-refractivity contribution in [1.29, 1.82) is 0 Å². The van der Waals surface area contributed by atoms with Crippen molar-refractivity contribution in [2.45, 2.75) is 32.7 Å². The summed E-state index contributed by atoms with van der Waals surface area (Å²) in [5.41, 5.74) is 14.8. The summed E-state index contributed by atoms with van der Waals surface area (Å²) in [5.74, 6) is 0. The molecule has 0 unspecified atom stereocenters. The van der Waals surface area contributed by atoms with Crippen LogP contribution >= 0.6 is 0 Å². The second kappa shape index (κ2) is 6.12. The van der Waals surface area contributed by atoms with E-state index in [1.165, 1.54) is 53.8 Å². The maximum Gasteiger partial charge on any atom is 0.0266 e. The lowest BCUT2D eigenvalue weighted by Gasteiger charge is -2.56. The molecule has 0 bridgehead atoms. The molecule has 0 aromatic heterocycles. The van der Waals surface area contributed by atoms with E-state index in [4.69, 9.17) is 5.73 Å². The van der Waals surface area contributed by atoms with Crippen LogP contribution in [0.25, 0.3) is 5.57 Å². The monoisotopic (exact) mass is 332 g/mol. The van der Waals surface area contributed by atoms with Crippen molar-refractivity contribution in [3.63, 3.8) is 0 Å². The van der Waals surface area contributed by atoms with Gasteiger partial charge in [-0.05, 0) is 56.0 Å². The van der Waals surface area contributed by atoms with E-state index < -0.39 is 0 Å². The Bertz CT molecular complexity index is 781. The van der Waals surface area contributed by atoms with E-state index in [-0.39, 0.29) is 6.04 Å². The summed E-state index contributed by atoms with van der Waals surface area (Å²) in [6.45, 7) is 6.69. The molecule has 1 aliphatic carbocycles. The zero-order valence-electron chi connectivity index (χ0n) is 15.5. The minimum absolute atomic E-state index is 0.0852. The number of aryl methyl sites for hydroxylation is 1. The minimum atomic E-state index is 0.0852. The molecule has 1 heterocycles. The fourth-order valence-corrected chi connectivity index (χ4v) is 4.60. The molecule has 0 amide bonds. The summed E-state index contributed by atoms with van der Waals surface area (Å²) in [6.07, 6.45) is 2.49. The highest BCUT2D eigenvalue weighted by atomic mass is 15.2. The first-order valence-electron chi connectivity index (χ1n) is 9.29. The first kappa shape index (κ1) is 16.6. The predicted molar refractivity (Wildman–Crippen MR) is 105 cm³/mol. The SMILES string of the molecule is Cc1ccc(C(=C2CC3(C2)CN(C)C3)c2ccc([C@@H](C)N)cc2)cc1. The van der Waals surface area contributed by atoms with Gasteiger partial charge in [0.1, 0.15) is 0 Å². The zero-order valence-corrected chi connectivity index (χ0v) is 15.5. The molecule has 25 heavy (non-hydrogen) atoms. The molecule has 2 aliphatic rings. The molecule has 130 valence electrons. The van der Waals surface area contributed by atoms with E-state index in [1.807, 2.05) is 6.92 Å². The van der Waals surface area contributed by atoms with Crippen molar-refractivity contribution in [2.75, 3.05) is 20.1 Å². The number of likely N-dealkylation sites (tertiary alicyclic amines) is 1. The van der Waals surface area contributed by atoms with Gasteiger partial charge in [0, 0.05) is 24.5 Å². The van der Waals surface area contributed by atoms with Crippen LogP contribution in [0.3, 0.4) is 0 Å². The quantitative estimate of drug-likeness (QED) is 0.894. The molecular weight excluding hydrogens is 304 g/mol. The number of hydrogen-bond acceptors (Lipinski definition) is 2. The molecule has 1 spiro atoms. The van der Waals surface area contributed by atoms with Crippen molar-refractivity contribution in [1.82, 2.24) is 4.90 Å². The number of nitrogens with zero attached hydrogens (tertiary/aromatic N) is 1. The van der Waals surface area contributed by atoms with Crippen LogP contribution in [0.2, 0.25) is 0 Å². The lowest BCUT2D eigenvalue weighted by atomic mass is 9.59. The van der Waals surface area contributed by atoms with E-state index in [1.54, 1.807) is 5.57 Å². The fourth-order valence-electron chi connectivity index (χ4n) is 4.60. The van der Waals surface area contributed by atoms with Gasteiger partial charge in [0.25, 0.3) is 0 Å². The molecule has 4 rings (SSSR count). The van der Waals surface area contributed by atoms with Crippen LogP contribution in [0.1, 0.15) is 48.1 Å². The zero-order chi connectivity index (χ0) is 17.6. The predicted octanol–water partition coefficient (Wildman–Crippen LogP) is 4.54. The fraction of sp³-hybridized carbons (Fsp3) is 0.391. The average molecular weight is 332 g/mol. The van der Waals surface area contributed by atoms with Gasteiger partial charge >= 0.3 is 0 Å². The van der Waals surface area contributed by atoms with Crippen molar-refractivity contribution >= 4 is 5.57 Å². The molecular formula is C23H28N2. The molecule has 2 heteroatoms. The van der Waals surface area contributed by atoms with Gasteiger partial charge in [-0.15, -0.1) is 0 Å². The maximum atomic E-state index is 6.02. The summed E-state index contributed by atoms with van der Waals surface area (Å²) >= 11 is 0. The van der Waals surface area contributed by atoms with E-state index in [0.29, 0.717) is 5.41 Å². The number of benzene rings is 2. The Kier molecular flexibility index (Phi) is 4.05. The molecule has 1 saturated heterocycles. The van der Waals surface area contributed by atoms with Gasteiger partial charge in [-0.3, -0.25) is 0 Å². The summed E-state index contributed by atoms with van der Waals surface area (Å²) in [4.78, 5) is 2.43. The minimum Gasteiger partial charge on any atom is -0.324 e. The van der Waals surface area contributed by atoms with Gasteiger partial charge in [0.2, 0.25) is 0 Å². The van der Waals surface area contributed by atoms with Gasteiger partial charge in [0.05, 0.1) is 0 Å². The van der Waals surface area contributed by atoms with Crippen LogP contribution in [0.15, 0.2) is 54.1 Å². The molecule has 1 atom stereocenters. The Hall–Kier alpha value is -1.90. The van der Waals surface area contributed by atoms with Crippen LogP contribution in [0.5, 0.6) is 0 Å². The lowest BCUT2D eigenvalue weighted by molar-refractivity contribution is -0.0106. The second-order valence-electron chi connectivity index (χ2n) is 8.28. The Morgan fingerprint density at radius 2 is 1.48 bits per heavy atom. The van der Waals surface area contributed by atoms with E-state index in [9.17, 15) is 0 Å². The number of nitrogens with two attached hydrogens (primary N) is 1. The smallest absolute Gasteiger partial charge is 0.0266 e. The molecule has 0 radical (unpaired) electrons. The third-order valence-electron chi connectivity index (χ3n) is 5.81. The molecule has 1 aliphatic heterocycles. The Morgan fingerprint density at radius 1 is 0.960 bits per heavy atom. The summed E-state index contributed by atoms with van der Waals surface area (Å²) in [6, 6.07) is 17.9. The van der Waals surface area contributed by atoms with Crippen LogP contribution in [0.4, 0.5) is 0 Å². The van der Waals surface area contributed by atoms with Gasteiger partial charge in [-0.25, -0.2) is 0 Å². The largest absolute Gasteiger partial charge is 0.324 e. The summed E-state index contributed by atoms with van der Waals surface area (Å²) < 4.78 is 0. The summed E-state index contributed by atoms with van der Waals surface area (Å²) in [5, 5.41) is 0. The third-order valence-corrected chi connectivity index (χ3v) is 5.81. The summed E-state index contributed by atoms with van der Waals surface area (Å²) in [7, 11) is 2.22. The van der Waals surface area contributed by atoms with Crippen LogP contribution in [-0.2, 0) is 0 Å². The first-order chi connectivity index (χ1) is 12.0. The Morgan fingerprint density at radius 3 is 1.96 bits per heavy atom. The Labute approximate surface area is 151 Å².